The van der Waals surface area contributed by atoms with Gasteiger partial charge < -0.3 is 14.7 Å². The number of nitrogens with zero attached hydrogens (tertiary/aromatic N) is 2. The summed E-state index contributed by atoms with van der Waals surface area (Å²) in [5.74, 6) is -2.55. The smallest absolute Gasteiger partial charge is 0.300 e. The first kappa shape index (κ1) is 23.0. The second-order valence-corrected chi connectivity index (χ2v) is 8.34. The normalized spacial score (nSPS) is 17.2. The zero-order valence-corrected chi connectivity index (χ0v) is 19.4. The molecule has 3 aromatic rings. The van der Waals surface area contributed by atoms with Crippen LogP contribution in [0, 0.1) is 12.7 Å². The van der Waals surface area contributed by atoms with E-state index in [2.05, 4.69) is 0 Å². The summed E-state index contributed by atoms with van der Waals surface area (Å²) >= 11 is 0. The number of ketones is 1. The molecule has 0 saturated carbocycles. The van der Waals surface area contributed by atoms with Gasteiger partial charge >= 0.3 is 0 Å². The minimum Gasteiger partial charge on any atom is -0.507 e. The van der Waals surface area contributed by atoms with Gasteiger partial charge in [-0.3, -0.25) is 14.5 Å². The number of aliphatic hydroxyl groups is 1. The first-order valence-electron chi connectivity index (χ1n) is 10.7. The zero-order valence-electron chi connectivity index (χ0n) is 19.4. The van der Waals surface area contributed by atoms with Crippen molar-refractivity contribution in [1.82, 2.24) is 0 Å². The van der Waals surface area contributed by atoms with Gasteiger partial charge in [0.2, 0.25) is 0 Å². The maximum absolute atomic E-state index is 14.1. The quantitative estimate of drug-likeness (QED) is 0.335. The lowest BCUT2D eigenvalue weighted by atomic mass is 9.94. The predicted molar refractivity (Wildman–Crippen MR) is 130 cm³/mol. The van der Waals surface area contributed by atoms with E-state index in [1.807, 2.05) is 62.3 Å². The molecule has 0 radical (unpaired) electrons. The zero-order chi connectivity index (χ0) is 24.6. The lowest BCUT2D eigenvalue weighted by Gasteiger charge is -2.26. The number of aliphatic hydroxyl groups excluding tert-OH is 1. The number of Topliss-reactive ketones (excluding diaryl/α,β-unsaturated/α-hetero) is 1. The van der Waals surface area contributed by atoms with Crippen molar-refractivity contribution in [1.29, 1.82) is 0 Å². The Kier molecular flexibility index (Phi) is 6.11. The van der Waals surface area contributed by atoms with E-state index in [-0.39, 0.29) is 16.9 Å². The van der Waals surface area contributed by atoms with Crippen LogP contribution in [0.4, 0.5) is 15.8 Å². The Balaban J connectivity index is 1.96. The van der Waals surface area contributed by atoms with Crippen molar-refractivity contribution in [3.63, 3.8) is 0 Å². The molecule has 0 aliphatic carbocycles. The third kappa shape index (κ3) is 4.01. The Labute approximate surface area is 197 Å². The molecule has 1 heterocycles. The van der Waals surface area contributed by atoms with Crippen molar-refractivity contribution in [2.75, 3.05) is 31.0 Å². The summed E-state index contributed by atoms with van der Waals surface area (Å²) in [7, 11) is 5.19. The Morgan fingerprint density at radius 1 is 1.00 bits per heavy atom. The maximum Gasteiger partial charge on any atom is 0.300 e. The van der Waals surface area contributed by atoms with Gasteiger partial charge in [-0.2, -0.15) is 0 Å². The van der Waals surface area contributed by atoms with Crippen molar-refractivity contribution in [2.45, 2.75) is 13.0 Å². The fourth-order valence-corrected chi connectivity index (χ4v) is 4.08. The molecular weight excluding hydrogens is 435 g/mol. The molecule has 1 fully saturated rings. The number of ether oxygens (including phenoxy) is 1. The highest BCUT2D eigenvalue weighted by molar-refractivity contribution is 6.51. The molecule has 1 amide bonds. The monoisotopic (exact) mass is 460 g/mol. The topological polar surface area (TPSA) is 70.1 Å². The van der Waals surface area contributed by atoms with Gasteiger partial charge in [-0.1, -0.05) is 29.8 Å². The van der Waals surface area contributed by atoms with Crippen LogP contribution in [0.2, 0.25) is 0 Å². The number of carbonyl (C=O) groups excluding carboxylic acids is 2. The van der Waals surface area contributed by atoms with Crippen LogP contribution in [0.1, 0.15) is 22.7 Å². The van der Waals surface area contributed by atoms with Crippen LogP contribution < -0.4 is 14.5 Å². The SMILES string of the molecule is COc1ccc(F)cc1/C(O)=C1\C(=O)C(=O)N(c2ccc(C)cc2)C1c1ccc(N(C)C)cc1. The molecule has 4 rings (SSSR count). The molecule has 1 atom stereocenters. The summed E-state index contributed by atoms with van der Waals surface area (Å²) in [6, 6.07) is 17.3. The molecule has 0 bridgehead atoms. The van der Waals surface area contributed by atoms with Crippen LogP contribution in [-0.4, -0.2) is 38.0 Å². The summed E-state index contributed by atoms with van der Waals surface area (Å²) in [5, 5.41) is 11.3. The largest absolute Gasteiger partial charge is 0.507 e. The molecule has 1 unspecified atom stereocenters. The number of rotatable bonds is 5. The Hall–Kier alpha value is -4.13. The van der Waals surface area contributed by atoms with Gasteiger partial charge in [0.15, 0.2) is 0 Å². The van der Waals surface area contributed by atoms with E-state index in [0.717, 1.165) is 17.3 Å². The summed E-state index contributed by atoms with van der Waals surface area (Å²) in [4.78, 5) is 29.8. The van der Waals surface area contributed by atoms with Crippen LogP contribution in [0.15, 0.2) is 72.3 Å². The number of hydrogen-bond donors (Lipinski definition) is 1. The van der Waals surface area contributed by atoms with E-state index in [0.29, 0.717) is 11.3 Å². The summed E-state index contributed by atoms with van der Waals surface area (Å²) in [5.41, 5.74) is 2.94. The molecule has 0 aromatic heterocycles. The number of methoxy groups -OCH3 is 1. The van der Waals surface area contributed by atoms with Crippen LogP contribution in [0.5, 0.6) is 5.75 Å². The molecule has 1 aliphatic heterocycles. The minimum atomic E-state index is -0.910. The van der Waals surface area contributed by atoms with Crippen LogP contribution in [0.25, 0.3) is 5.76 Å². The number of benzene rings is 3. The number of aryl methyl sites for hydroxylation is 1. The number of amides is 1. The van der Waals surface area contributed by atoms with Crippen molar-refractivity contribution in [3.8, 4) is 5.75 Å². The van der Waals surface area contributed by atoms with Gasteiger partial charge in [0.25, 0.3) is 11.7 Å². The molecule has 7 heteroatoms. The molecule has 0 spiro atoms. The number of anilines is 2. The fourth-order valence-electron chi connectivity index (χ4n) is 4.08. The Morgan fingerprint density at radius 2 is 1.65 bits per heavy atom. The molecule has 174 valence electrons. The Bertz CT molecular complexity index is 1280. The van der Waals surface area contributed by atoms with Crippen molar-refractivity contribution in [2.24, 2.45) is 0 Å². The third-order valence-corrected chi connectivity index (χ3v) is 5.90. The first-order chi connectivity index (χ1) is 16.2. The highest BCUT2D eigenvalue weighted by atomic mass is 19.1. The minimum absolute atomic E-state index is 0.000632. The highest BCUT2D eigenvalue weighted by Gasteiger charge is 2.47. The first-order valence-corrected chi connectivity index (χ1v) is 10.7. The van der Waals surface area contributed by atoms with E-state index < -0.39 is 29.3 Å². The average Bonchev–Trinajstić information content (AvgIpc) is 3.09. The van der Waals surface area contributed by atoms with E-state index in [1.165, 1.54) is 24.1 Å². The maximum atomic E-state index is 14.1. The molecular formula is C27H25FN2O4. The summed E-state index contributed by atoms with van der Waals surface area (Å²) in [6.45, 7) is 1.92. The summed E-state index contributed by atoms with van der Waals surface area (Å²) < 4.78 is 19.3. The summed E-state index contributed by atoms with van der Waals surface area (Å²) in [6.07, 6.45) is 0. The Morgan fingerprint density at radius 3 is 2.24 bits per heavy atom. The van der Waals surface area contributed by atoms with Crippen LogP contribution in [0.3, 0.4) is 0 Å². The molecule has 6 nitrogen and oxygen atoms in total. The molecule has 1 saturated heterocycles. The molecule has 1 N–H and O–H groups in total. The van der Waals surface area contributed by atoms with Crippen molar-refractivity contribution < 1.29 is 23.8 Å². The molecule has 34 heavy (non-hydrogen) atoms. The van der Waals surface area contributed by atoms with Gasteiger partial charge in [-0.25, -0.2) is 4.39 Å². The predicted octanol–water partition coefficient (Wildman–Crippen LogP) is 4.84. The van der Waals surface area contributed by atoms with Gasteiger partial charge in [-0.05, 0) is 55.0 Å². The number of halogens is 1. The second-order valence-electron chi connectivity index (χ2n) is 8.34. The van der Waals surface area contributed by atoms with Crippen LogP contribution in [-0.2, 0) is 9.59 Å². The van der Waals surface area contributed by atoms with Gasteiger partial charge in [-0.15, -0.1) is 0 Å². The lowest BCUT2D eigenvalue weighted by Crippen LogP contribution is -2.29. The standard InChI is InChI=1S/C27H25FN2O4/c1-16-5-10-20(11-6-16)30-24(17-7-12-19(13-8-17)29(2)3)23(26(32)27(30)33)25(31)21-15-18(28)9-14-22(21)34-4/h5-15,24,31H,1-4H3/b25-23+. The van der Waals surface area contributed by atoms with Gasteiger partial charge in [0.1, 0.15) is 17.3 Å². The van der Waals surface area contributed by atoms with Crippen molar-refractivity contribution in [3.05, 3.63) is 94.8 Å². The number of carbonyl (C=O) groups is 2. The van der Waals surface area contributed by atoms with E-state index in [9.17, 15) is 19.1 Å². The van der Waals surface area contributed by atoms with E-state index in [4.69, 9.17) is 4.74 Å². The third-order valence-electron chi connectivity index (χ3n) is 5.90. The molecule has 3 aromatic carbocycles. The van der Waals surface area contributed by atoms with Crippen molar-refractivity contribution >= 4 is 28.8 Å². The van der Waals surface area contributed by atoms with Crippen LogP contribution >= 0.6 is 0 Å². The average molecular weight is 461 g/mol. The van der Waals surface area contributed by atoms with Gasteiger partial charge in [0.05, 0.1) is 24.3 Å². The van der Waals surface area contributed by atoms with Gasteiger partial charge in [0, 0.05) is 25.5 Å². The number of hydrogen-bond acceptors (Lipinski definition) is 5. The van der Waals surface area contributed by atoms with E-state index >= 15 is 0 Å². The fraction of sp³-hybridized carbons (Fsp3) is 0.185. The highest BCUT2D eigenvalue weighted by Crippen LogP contribution is 2.43. The molecule has 1 aliphatic rings. The lowest BCUT2D eigenvalue weighted by molar-refractivity contribution is -0.132. The second kappa shape index (κ2) is 9.02. The van der Waals surface area contributed by atoms with E-state index in [1.54, 1.807) is 12.1 Å².